The first-order valence-corrected chi connectivity index (χ1v) is 16.0. The van der Waals surface area contributed by atoms with Crippen LogP contribution in [0.15, 0.2) is 67.0 Å². The van der Waals surface area contributed by atoms with E-state index < -0.39 is 42.6 Å². The van der Waals surface area contributed by atoms with Crippen molar-refractivity contribution in [2.24, 2.45) is 0 Å². The molecule has 1 aromatic heterocycles. The maximum Gasteiger partial charge on any atom is 0.416 e. The van der Waals surface area contributed by atoms with E-state index in [0.29, 0.717) is 66.6 Å². The monoisotopic (exact) mass is 718 g/mol. The Balaban J connectivity index is 1.65. The number of aromatic nitrogens is 2. The van der Waals surface area contributed by atoms with Gasteiger partial charge in [0, 0.05) is 31.7 Å². The van der Waals surface area contributed by atoms with Gasteiger partial charge in [0.1, 0.15) is 11.5 Å². The molecule has 0 spiro atoms. The van der Waals surface area contributed by atoms with Crippen molar-refractivity contribution in [1.82, 2.24) is 9.97 Å². The van der Waals surface area contributed by atoms with Crippen LogP contribution in [0.5, 0.6) is 11.5 Å². The summed E-state index contributed by atoms with van der Waals surface area (Å²) in [4.78, 5) is 23.7. The van der Waals surface area contributed by atoms with Gasteiger partial charge in [0.05, 0.1) is 49.5 Å². The topological polar surface area (TPSA) is 97.3 Å². The standard InChI is InChI=1S/C36H36F6N4O5/c1-22(2)24-4-7-32(49-3)31(15-24)30-6-5-29(51-21-33(47)48)14-25(30)20-46(34-43-17-28(18-44-34)45-8-10-50-11-9-45)19-23-12-26(35(37,38)39)16-27(13-23)36(40,41)42/h4-7,12-18,22H,8-11,19-21H2,1-3H3,(H,47,48). The van der Waals surface area contributed by atoms with Gasteiger partial charge in [0.15, 0.2) is 6.61 Å². The predicted octanol–water partition coefficient (Wildman–Crippen LogP) is 7.82. The van der Waals surface area contributed by atoms with Gasteiger partial charge in [-0.25, -0.2) is 14.8 Å². The zero-order chi connectivity index (χ0) is 36.9. The van der Waals surface area contributed by atoms with Crippen LogP contribution in [0.25, 0.3) is 11.1 Å². The Morgan fingerprint density at radius 3 is 2.12 bits per heavy atom. The van der Waals surface area contributed by atoms with E-state index in [1.165, 1.54) is 24.4 Å². The minimum absolute atomic E-state index is 0.0312. The third kappa shape index (κ3) is 9.39. The van der Waals surface area contributed by atoms with Crippen molar-refractivity contribution in [3.63, 3.8) is 0 Å². The van der Waals surface area contributed by atoms with Crippen LogP contribution in [-0.4, -0.2) is 61.1 Å². The summed E-state index contributed by atoms with van der Waals surface area (Å²) < 4.78 is 99.7. The van der Waals surface area contributed by atoms with Crippen LogP contribution in [0.2, 0.25) is 0 Å². The molecule has 0 bridgehead atoms. The molecule has 1 N–H and O–H groups in total. The third-order valence-electron chi connectivity index (χ3n) is 8.29. The molecule has 1 fully saturated rings. The Morgan fingerprint density at radius 1 is 0.902 bits per heavy atom. The zero-order valence-corrected chi connectivity index (χ0v) is 28.0. The van der Waals surface area contributed by atoms with Gasteiger partial charge >= 0.3 is 18.3 Å². The number of nitrogens with zero attached hydrogens (tertiary/aromatic N) is 4. The van der Waals surface area contributed by atoms with Gasteiger partial charge < -0.3 is 29.1 Å². The molecule has 0 saturated carbocycles. The highest BCUT2D eigenvalue weighted by atomic mass is 19.4. The van der Waals surface area contributed by atoms with Crippen molar-refractivity contribution < 1.29 is 50.5 Å². The number of hydrogen-bond acceptors (Lipinski definition) is 8. The van der Waals surface area contributed by atoms with E-state index in [-0.39, 0.29) is 35.8 Å². The molecule has 1 aliphatic heterocycles. The molecule has 2 heterocycles. The van der Waals surface area contributed by atoms with Gasteiger partial charge in [-0.2, -0.15) is 26.3 Å². The summed E-state index contributed by atoms with van der Waals surface area (Å²) in [5.74, 6) is -0.367. The fourth-order valence-corrected chi connectivity index (χ4v) is 5.69. The van der Waals surface area contributed by atoms with E-state index in [9.17, 15) is 36.2 Å². The van der Waals surface area contributed by atoms with E-state index in [4.69, 9.17) is 14.2 Å². The van der Waals surface area contributed by atoms with E-state index in [2.05, 4.69) is 9.97 Å². The number of carboxylic acids is 1. The lowest BCUT2D eigenvalue weighted by atomic mass is 9.93. The van der Waals surface area contributed by atoms with Crippen LogP contribution in [0, 0.1) is 0 Å². The van der Waals surface area contributed by atoms with Crippen LogP contribution in [0.4, 0.5) is 38.0 Å². The van der Waals surface area contributed by atoms with Gasteiger partial charge in [-0.05, 0) is 70.6 Å². The van der Waals surface area contributed by atoms with Crippen LogP contribution in [0.1, 0.15) is 47.6 Å². The number of carboxylic acid groups (broad SMARTS) is 1. The van der Waals surface area contributed by atoms with Crippen molar-refractivity contribution in [3.05, 3.63) is 94.8 Å². The molecule has 0 radical (unpaired) electrons. The first kappa shape index (κ1) is 37.2. The minimum Gasteiger partial charge on any atom is -0.496 e. The first-order chi connectivity index (χ1) is 24.1. The molecule has 1 saturated heterocycles. The van der Waals surface area contributed by atoms with E-state index in [1.54, 1.807) is 24.3 Å². The number of hydrogen-bond donors (Lipinski definition) is 1. The average Bonchev–Trinajstić information content (AvgIpc) is 3.10. The average molecular weight is 719 g/mol. The number of carbonyl (C=O) groups is 1. The quantitative estimate of drug-likeness (QED) is 0.147. The molecule has 15 heteroatoms. The second-order valence-electron chi connectivity index (χ2n) is 12.2. The zero-order valence-electron chi connectivity index (χ0n) is 28.0. The molecule has 51 heavy (non-hydrogen) atoms. The maximum absolute atomic E-state index is 13.9. The van der Waals surface area contributed by atoms with Gasteiger partial charge in [0.2, 0.25) is 5.95 Å². The lowest BCUT2D eigenvalue weighted by Crippen LogP contribution is -2.36. The highest BCUT2D eigenvalue weighted by Gasteiger charge is 2.37. The lowest BCUT2D eigenvalue weighted by Gasteiger charge is -2.29. The molecule has 0 amide bonds. The molecule has 0 aliphatic carbocycles. The van der Waals surface area contributed by atoms with Crippen LogP contribution < -0.4 is 19.3 Å². The van der Waals surface area contributed by atoms with Crippen LogP contribution >= 0.6 is 0 Å². The molecule has 1 aliphatic rings. The number of morpholine rings is 1. The summed E-state index contributed by atoms with van der Waals surface area (Å²) in [7, 11) is 1.50. The lowest BCUT2D eigenvalue weighted by molar-refractivity contribution is -0.143. The Hall–Kier alpha value is -5.05. The predicted molar refractivity (Wildman–Crippen MR) is 177 cm³/mol. The fourth-order valence-electron chi connectivity index (χ4n) is 5.69. The second-order valence-corrected chi connectivity index (χ2v) is 12.2. The number of methoxy groups -OCH3 is 1. The highest BCUT2D eigenvalue weighted by molar-refractivity contribution is 5.75. The van der Waals surface area contributed by atoms with E-state index in [0.717, 1.165) is 5.56 Å². The summed E-state index contributed by atoms with van der Waals surface area (Å²) in [6, 6.07) is 11.9. The minimum atomic E-state index is -5.04. The summed E-state index contributed by atoms with van der Waals surface area (Å²) >= 11 is 0. The maximum atomic E-state index is 13.9. The van der Waals surface area contributed by atoms with Gasteiger partial charge in [-0.3, -0.25) is 0 Å². The largest absolute Gasteiger partial charge is 0.496 e. The first-order valence-electron chi connectivity index (χ1n) is 16.0. The molecule has 272 valence electrons. The van der Waals surface area contributed by atoms with Crippen molar-refractivity contribution >= 4 is 17.6 Å². The van der Waals surface area contributed by atoms with Crippen molar-refractivity contribution in [2.75, 3.05) is 49.8 Å². The molecule has 5 rings (SSSR count). The molecule has 4 aromatic rings. The SMILES string of the molecule is COc1ccc(C(C)C)cc1-c1ccc(OCC(=O)O)cc1CN(Cc1cc(C(F)(F)F)cc(C(F)(F)F)c1)c1ncc(N2CCOCC2)cn1. The highest BCUT2D eigenvalue weighted by Crippen LogP contribution is 2.39. The van der Waals surface area contributed by atoms with Gasteiger partial charge in [-0.15, -0.1) is 0 Å². The van der Waals surface area contributed by atoms with Crippen LogP contribution in [-0.2, 0) is 35.0 Å². The summed E-state index contributed by atoms with van der Waals surface area (Å²) in [6.45, 7) is 4.95. The number of aliphatic carboxylic acids is 1. The van der Waals surface area contributed by atoms with Crippen molar-refractivity contribution in [1.29, 1.82) is 0 Å². The summed E-state index contributed by atoms with van der Waals surface area (Å²) in [5.41, 5.74) is 0.216. The summed E-state index contributed by atoms with van der Waals surface area (Å²) in [5, 5.41) is 9.22. The smallest absolute Gasteiger partial charge is 0.416 e. The molecule has 0 atom stereocenters. The molecule has 3 aromatic carbocycles. The second kappa shape index (κ2) is 15.5. The molecular formula is C36H36F6N4O5. The number of halogens is 6. The van der Waals surface area contributed by atoms with Gasteiger partial charge in [0.25, 0.3) is 0 Å². The Bertz CT molecular complexity index is 1790. The molecule has 0 unspecified atom stereocenters. The summed E-state index contributed by atoms with van der Waals surface area (Å²) in [6.07, 6.45) is -7.01. The van der Waals surface area contributed by atoms with E-state index in [1.807, 2.05) is 30.9 Å². The Kier molecular flexibility index (Phi) is 11.3. The third-order valence-corrected chi connectivity index (χ3v) is 8.29. The fraction of sp³-hybridized carbons (Fsp3) is 0.361. The van der Waals surface area contributed by atoms with Crippen molar-refractivity contribution in [3.8, 4) is 22.6 Å². The normalized spacial score (nSPS) is 13.7. The number of alkyl halides is 6. The molecule has 9 nitrogen and oxygen atoms in total. The van der Waals surface area contributed by atoms with Crippen molar-refractivity contribution in [2.45, 2.75) is 45.2 Å². The van der Waals surface area contributed by atoms with Crippen LogP contribution in [0.3, 0.4) is 0 Å². The number of benzene rings is 3. The number of ether oxygens (including phenoxy) is 3. The molecular weight excluding hydrogens is 682 g/mol. The van der Waals surface area contributed by atoms with Gasteiger partial charge in [-0.1, -0.05) is 26.0 Å². The van der Waals surface area contributed by atoms with E-state index >= 15 is 0 Å². The number of anilines is 2. The Labute approximate surface area is 290 Å². The number of rotatable bonds is 12. The Morgan fingerprint density at radius 2 is 1.55 bits per heavy atom.